The molecule has 0 saturated carbocycles. The summed E-state index contributed by atoms with van der Waals surface area (Å²) in [4.78, 5) is 24.3. The maximum absolute atomic E-state index is 12.2. The van der Waals surface area contributed by atoms with Crippen molar-refractivity contribution in [2.75, 3.05) is 20.3 Å². The predicted molar refractivity (Wildman–Crippen MR) is 76.9 cm³/mol. The number of hydrogen-bond donors (Lipinski definition) is 1. The summed E-state index contributed by atoms with van der Waals surface area (Å²) in [6, 6.07) is 1.27. The number of nitrogens with zero attached hydrogens (tertiary/aromatic N) is 1. The van der Waals surface area contributed by atoms with E-state index < -0.39 is 5.97 Å². The number of aryl methyl sites for hydroxylation is 1. The number of aromatic nitrogens is 1. The van der Waals surface area contributed by atoms with Crippen molar-refractivity contribution in [3.05, 3.63) is 27.7 Å². The summed E-state index contributed by atoms with van der Waals surface area (Å²) in [5.74, 6) is -0.583. The molecule has 0 spiro atoms. The zero-order valence-corrected chi connectivity index (χ0v) is 12.4. The molecular formula is C15H21NO5. The number of carbonyl (C=O) groups is 1. The van der Waals surface area contributed by atoms with E-state index in [4.69, 9.17) is 9.47 Å². The van der Waals surface area contributed by atoms with Gasteiger partial charge in [0.2, 0.25) is 5.43 Å². The van der Waals surface area contributed by atoms with Gasteiger partial charge in [0.15, 0.2) is 11.4 Å². The first kappa shape index (κ1) is 15.6. The largest absolute Gasteiger partial charge is 0.487 e. The van der Waals surface area contributed by atoms with Crippen LogP contribution in [0.1, 0.15) is 48.4 Å². The number of esters is 1. The van der Waals surface area contributed by atoms with E-state index >= 15 is 0 Å². The van der Waals surface area contributed by atoms with Crippen LogP contribution in [0.15, 0.2) is 10.9 Å². The Bertz CT molecular complexity index is 578. The van der Waals surface area contributed by atoms with E-state index in [1.54, 1.807) is 4.57 Å². The first-order chi connectivity index (χ1) is 10.1. The predicted octanol–water partition coefficient (Wildman–Crippen LogP) is 1.29. The number of aliphatic hydroxyl groups is 1. The van der Waals surface area contributed by atoms with Crippen LogP contribution in [0.2, 0.25) is 0 Å². The van der Waals surface area contributed by atoms with Crippen molar-refractivity contribution in [1.29, 1.82) is 0 Å². The van der Waals surface area contributed by atoms with Crippen molar-refractivity contribution in [3.8, 4) is 5.75 Å². The monoisotopic (exact) mass is 295 g/mol. The molecule has 6 heteroatoms. The quantitative estimate of drug-likeness (QED) is 0.632. The SMILES string of the molecule is CCCCOc1c(C(=O)OC)n2c(cc1=O)CCC2CO. The van der Waals surface area contributed by atoms with E-state index in [-0.39, 0.29) is 29.5 Å². The van der Waals surface area contributed by atoms with E-state index in [9.17, 15) is 14.7 Å². The maximum Gasteiger partial charge on any atom is 0.358 e. The smallest absolute Gasteiger partial charge is 0.358 e. The highest BCUT2D eigenvalue weighted by Crippen LogP contribution is 2.30. The molecule has 0 bridgehead atoms. The molecule has 1 atom stereocenters. The normalized spacial score (nSPS) is 16.6. The Balaban J connectivity index is 2.53. The summed E-state index contributed by atoms with van der Waals surface area (Å²) in [5.41, 5.74) is 0.547. The number of methoxy groups -OCH3 is 1. The molecule has 0 saturated heterocycles. The zero-order chi connectivity index (χ0) is 15.4. The molecule has 1 aromatic rings. The van der Waals surface area contributed by atoms with Crippen LogP contribution in [0.4, 0.5) is 0 Å². The van der Waals surface area contributed by atoms with Gasteiger partial charge in [0.25, 0.3) is 0 Å². The van der Waals surface area contributed by atoms with Gasteiger partial charge in [0, 0.05) is 11.8 Å². The fourth-order valence-electron chi connectivity index (χ4n) is 2.63. The van der Waals surface area contributed by atoms with Gasteiger partial charge in [-0.1, -0.05) is 13.3 Å². The van der Waals surface area contributed by atoms with Gasteiger partial charge in [0.05, 0.1) is 26.4 Å². The molecular weight excluding hydrogens is 274 g/mol. The third kappa shape index (κ3) is 2.95. The minimum Gasteiger partial charge on any atom is -0.487 e. The number of aliphatic hydroxyl groups excluding tert-OH is 1. The molecule has 0 aliphatic carbocycles. The summed E-state index contributed by atoms with van der Waals surface area (Å²) in [5, 5.41) is 9.47. The lowest BCUT2D eigenvalue weighted by Crippen LogP contribution is -2.25. The molecule has 0 radical (unpaired) electrons. The van der Waals surface area contributed by atoms with Crippen molar-refractivity contribution in [1.82, 2.24) is 4.57 Å². The molecule has 2 heterocycles. The standard InChI is InChI=1S/C15H21NO5/c1-3-4-7-21-14-12(18)8-10-5-6-11(9-17)16(10)13(14)15(19)20-2/h8,11,17H,3-7,9H2,1-2H3. The van der Waals surface area contributed by atoms with Crippen molar-refractivity contribution in [3.63, 3.8) is 0 Å². The molecule has 21 heavy (non-hydrogen) atoms. The van der Waals surface area contributed by atoms with Crippen LogP contribution >= 0.6 is 0 Å². The molecule has 1 aliphatic rings. The average Bonchev–Trinajstić information content (AvgIpc) is 2.89. The molecule has 2 rings (SSSR count). The van der Waals surface area contributed by atoms with Gasteiger partial charge < -0.3 is 19.1 Å². The molecule has 1 unspecified atom stereocenters. The summed E-state index contributed by atoms with van der Waals surface area (Å²) in [6.45, 7) is 2.30. The first-order valence-electron chi connectivity index (χ1n) is 7.24. The third-order valence-corrected chi connectivity index (χ3v) is 3.72. The van der Waals surface area contributed by atoms with Gasteiger partial charge in [0.1, 0.15) is 0 Å². The summed E-state index contributed by atoms with van der Waals surface area (Å²) < 4.78 is 12.0. The van der Waals surface area contributed by atoms with E-state index in [2.05, 4.69) is 0 Å². The highest BCUT2D eigenvalue weighted by atomic mass is 16.5. The van der Waals surface area contributed by atoms with Gasteiger partial charge in [-0.25, -0.2) is 4.79 Å². The Hall–Kier alpha value is -1.82. The first-order valence-corrected chi connectivity index (χ1v) is 7.24. The lowest BCUT2D eigenvalue weighted by Gasteiger charge is -2.19. The van der Waals surface area contributed by atoms with Crippen LogP contribution in [0.3, 0.4) is 0 Å². The maximum atomic E-state index is 12.2. The molecule has 116 valence electrons. The highest BCUT2D eigenvalue weighted by Gasteiger charge is 2.31. The second-order valence-corrected chi connectivity index (χ2v) is 5.12. The van der Waals surface area contributed by atoms with E-state index in [0.29, 0.717) is 19.4 Å². The number of hydrogen-bond acceptors (Lipinski definition) is 5. The highest BCUT2D eigenvalue weighted by molar-refractivity contribution is 5.90. The lowest BCUT2D eigenvalue weighted by molar-refractivity contribution is 0.0576. The Kier molecular flexibility index (Phi) is 5.01. The van der Waals surface area contributed by atoms with Gasteiger partial charge >= 0.3 is 5.97 Å². The minimum absolute atomic E-state index is 0.0272. The van der Waals surface area contributed by atoms with E-state index in [1.165, 1.54) is 13.2 Å². The van der Waals surface area contributed by atoms with Crippen molar-refractivity contribution in [2.24, 2.45) is 0 Å². The zero-order valence-electron chi connectivity index (χ0n) is 12.4. The van der Waals surface area contributed by atoms with Crippen LogP contribution in [0.25, 0.3) is 0 Å². The fraction of sp³-hybridized carbons (Fsp3) is 0.600. The lowest BCUT2D eigenvalue weighted by atomic mass is 10.2. The molecule has 0 fully saturated rings. The number of fused-ring (bicyclic) bond motifs is 1. The molecule has 1 N–H and O–H groups in total. The van der Waals surface area contributed by atoms with Gasteiger partial charge in [-0.2, -0.15) is 0 Å². The van der Waals surface area contributed by atoms with Gasteiger partial charge in [-0.15, -0.1) is 0 Å². The van der Waals surface area contributed by atoms with Gasteiger partial charge in [-0.3, -0.25) is 4.79 Å². The number of rotatable bonds is 6. The van der Waals surface area contributed by atoms with Crippen molar-refractivity contribution >= 4 is 5.97 Å². The minimum atomic E-state index is -0.610. The topological polar surface area (TPSA) is 77.8 Å². The van der Waals surface area contributed by atoms with Crippen molar-refractivity contribution in [2.45, 2.75) is 38.6 Å². The number of pyridine rings is 1. The van der Waals surface area contributed by atoms with E-state index in [0.717, 1.165) is 18.5 Å². The summed E-state index contributed by atoms with van der Waals surface area (Å²) in [7, 11) is 1.27. The van der Waals surface area contributed by atoms with Crippen LogP contribution in [0.5, 0.6) is 5.75 Å². The molecule has 1 aromatic heterocycles. The fourth-order valence-corrected chi connectivity index (χ4v) is 2.63. The average molecular weight is 295 g/mol. The van der Waals surface area contributed by atoms with Crippen LogP contribution < -0.4 is 10.2 Å². The Morgan fingerprint density at radius 2 is 2.29 bits per heavy atom. The molecule has 1 aliphatic heterocycles. The summed E-state index contributed by atoms with van der Waals surface area (Å²) >= 11 is 0. The van der Waals surface area contributed by atoms with Crippen molar-refractivity contribution < 1.29 is 19.4 Å². The second-order valence-electron chi connectivity index (χ2n) is 5.12. The third-order valence-electron chi connectivity index (χ3n) is 3.72. The Labute approximate surface area is 123 Å². The van der Waals surface area contributed by atoms with Crippen LogP contribution in [-0.2, 0) is 11.2 Å². The Morgan fingerprint density at radius 3 is 2.90 bits per heavy atom. The van der Waals surface area contributed by atoms with Crippen LogP contribution in [0, 0.1) is 0 Å². The number of carbonyl (C=O) groups excluding carboxylic acids is 1. The van der Waals surface area contributed by atoms with Gasteiger partial charge in [-0.05, 0) is 19.3 Å². The molecule has 6 nitrogen and oxygen atoms in total. The number of ether oxygens (including phenoxy) is 2. The Morgan fingerprint density at radius 1 is 1.52 bits per heavy atom. The molecule has 0 amide bonds. The second kappa shape index (κ2) is 6.76. The summed E-state index contributed by atoms with van der Waals surface area (Å²) in [6.07, 6.45) is 3.07. The van der Waals surface area contributed by atoms with Crippen LogP contribution in [-0.4, -0.2) is 36.0 Å². The van der Waals surface area contributed by atoms with E-state index in [1.807, 2.05) is 6.92 Å². The number of unbranched alkanes of at least 4 members (excludes halogenated alkanes) is 1. The molecule has 0 aromatic carbocycles.